The molecule has 1 unspecified atom stereocenters. The smallest absolute Gasteiger partial charge is 0.225 e. The van der Waals surface area contributed by atoms with Gasteiger partial charge in [-0.15, -0.1) is 24.0 Å². The number of guanidine groups is 1. The average molecular weight is 528 g/mol. The summed E-state index contributed by atoms with van der Waals surface area (Å²) < 4.78 is 0. The van der Waals surface area contributed by atoms with Crippen molar-refractivity contribution in [1.82, 2.24) is 20.4 Å². The lowest BCUT2D eigenvalue weighted by atomic mass is 9.91. The van der Waals surface area contributed by atoms with Crippen molar-refractivity contribution < 1.29 is 4.79 Å². The second-order valence-corrected chi connectivity index (χ2v) is 8.03. The van der Waals surface area contributed by atoms with Gasteiger partial charge in [0, 0.05) is 57.3 Å². The number of unbranched alkanes of at least 4 members (excludes halogenated alkanes) is 1. The molecular weight excluding hydrogens is 491 g/mol. The summed E-state index contributed by atoms with van der Waals surface area (Å²) in [6, 6.07) is 8.04. The zero-order valence-corrected chi connectivity index (χ0v) is 20.7. The fourth-order valence-corrected chi connectivity index (χ4v) is 3.95. The third kappa shape index (κ3) is 7.70. The van der Waals surface area contributed by atoms with Crippen molar-refractivity contribution in [2.24, 2.45) is 4.99 Å². The normalized spacial score (nSPS) is 20.1. The van der Waals surface area contributed by atoms with Gasteiger partial charge in [-0.1, -0.05) is 18.2 Å². The largest absolute Gasteiger partial charge is 0.357 e. The monoisotopic (exact) mass is 528 g/mol. The molecule has 1 aromatic rings. The van der Waals surface area contributed by atoms with Gasteiger partial charge in [0.05, 0.1) is 6.54 Å². The Labute approximate surface area is 198 Å². The Morgan fingerprint density at radius 2 is 1.93 bits per heavy atom. The van der Waals surface area contributed by atoms with E-state index in [-0.39, 0.29) is 35.8 Å². The number of hydrogen-bond donors (Lipinski definition) is 3. The number of para-hydroxylation sites is 1. The van der Waals surface area contributed by atoms with Crippen LogP contribution >= 0.6 is 24.0 Å². The molecule has 2 heterocycles. The van der Waals surface area contributed by atoms with Gasteiger partial charge >= 0.3 is 0 Å². The van der Waals surface area contributed by atoms with Crippen LogP contribution in [0.5, 0.6) is 0 Å². The summed E-state index contributed by atoms with van der Waals surface area (Å²) in [5.41, 5.74) is 2.10. The van der Waals surface area contributed by atoms with Gasteiger partial charge in [0.2, 0.25) is 5.91 Å². The standard InChI is InChI=1S/C22H36N6O.HI/c1-3-23-22(24-10-6-7-11-28-14-12-27(2)13-15-28)25-17-18-16-21(29)26-20-9-5-4-8-19(18)20;/h4-5,8-9,18H,3,6-7,10-17H2,1-2H3,(H,26,29)(H2,23,24,25);1H. The Balaban J connectivity index is 0.00000320. The van der Waals surface area contributed by atoms with Crippen LogP contribution in [0.3, 0.4) is 0 Å². The van der Waals surface area contributed by atoms with Gasteiger partial charge in [-0.25, -0.2) is 0 Å². The van der Waals surface area contributed by atoms with Crippen LogP contribution in [0, 0.1) is 0 Å². The minimum absolute atomic E-state index is 0. The maximum absolute atomic E-state index is 12.0. The van der Waals surface area contributed by atoms with Gasteiger partial charge in [0.1, 0.15) is 0 Å². The summed E-state index contributed by atoms with van der Waals surface area (Å²) in [6.07, 6.45) is 2.82. The van der Waals surface area contributed by atoms with Crippen molar-refractivity contribution in [3.05, 3.63) is 29.8 Å². The first-order valence-electron chi connectivity index (χ1n) is 11.0. The van der Waals surface area contributed by atoms with Crippen molar-refractivity contribution in [3.63, 3.8) is 0 Å². The van der Waals surface area contributed by atoms with Crippen molar-refractivity contribution in [3.8, 4) is 0 Å². The predicted molar refractivity (Wildman–Crippen MR) is 135 cm³/mol. The van der Waals surface area contributed by atoms with Gasteiger partial charge in [-0.05, 0) is 45.0 Å². The summed E-state index contributed by atoms with van der Waals surface area (Å²) >= 11 is 0. The van der Waals surface area contributed by atoms with E-state index in [2.05, 4.69) is 45.8 Å². The molecule has 2 aliphatic rings. The number of hydrogen-bond acceptors (Lipinski definition) is 4. The molecule has 0 saturated carbocycles. The van der Waals surface area contributed by atoms with Gasteiger partial charge in [0.15, 0.2) is 5.96 Å². The Bertz CT molecular complexity index is 690. The first-order chi connectivity index (χ1) is 14.2. The van der Waals surface area contributed by atoms with E-state index in [4.69, 9.17) is 4.99 Å². The minimum Gasteiger partial charge on any atom is -0.357 e. The number of fused-ring (bicyclic) bond motifs is 1. The van der Waals surface area contributed by atoms with Crippen LogP contribution < -0.4 is 16.0 Å². The third-order valence-corrected chi connectivity index (χ3v) is 5.71. The number of likely N-dealkylation sites (N-methyl/N-ethyl adjacent to an activating group) is 1. The molecule has 1 fully saturated rings. The van der Waals surface area contributed by atoms with Crippen LogP contribution in [0.4, 0.5) is 5.69 Å². The van der Waals surface area contributed by atoms with Gasteiger partial charge in [-0.2, -0.15) is 0 Å². The Kier molecular flexibility index (Phi) is 10.9. The van der Waals surface area contributed by atoms with Crippen LogP contribution in [0.15, 0.2) is 29.3 Å². The summed E-state index contributed by atoms with van der Waals surface area (Å²) in [4.78, 5) is 21.7. The van der Waals surface area contributed by atoms with Crippen LogP contribution in [-0.2, 0) is 4.79 Å². The summed E-state index contributed by atoms with van der Waals surface area (Å²) in [6.45, 7) is 10.3. The fraction of sp³-hybridized carbons (Fsp3) is 0.636. The summed E-state index contributed by atoms with van der Waals surface area (Å²) in [5, 5.41) is 9.73. The molecule has 0 radical (unpaired) electrons. The fourth-order valence-electron chi connectivity index (χ4n) is 3.95. The highest BCUT2D eigenvalue weighted by atomic mass is 127. The van der Waals surface area contributed by atoms with E-state index in [1.165, 1.54) is 44.7 Å². The number of anilines is 1. The highest BCUT2D eigenvalue weighted by molar-refractivity contribution is 14.0. The van der Waals surface area contributed by atoms with E-state index in [0.29, 0.717) is 13.0 Å². The number of nitrogens with one attached hydrogen (secondary N) is 3. The molecule has 30 heavy (non-hydrogen) atoms. The van der Waals surface area contributed by atoms with E-state index >= 15 is 0 Å². The number of halogens is 1. The number of rotatable bonds is 8. The maximum atomic E-state index is 12.0. The first kappa shape index (κ1) is 24.9. The van der Waals surface area contributed by atoms with Crippen molar-refractivity contribution >= 4 is 41.5 Å². The highest BCUT2D eigenvalue weighted by Crippen LogP contribution is 2.31. The molecule has 1 amide bonds. The number of nitrogens with zero attached hydrogens (tertiary/aromatic N) is 3. The second-order valence-electron chi connectivity index (χ2n) is 8.03. The quantitative estimate of drug-likeness (QED) is 0.209. The molecule has 3 rings (SSSR count). The summed E-state index contributed by atoms with van der Waals surface area (Å²) in [5.74, 6) is 1.05. The molecule has 1 atom stereocenters. The molecule has 2 aliphatic heterocycles. The number of benzene rings is 1. The lowest BCUT2D eigenvalue weighted by Crippen LogP contribution is -2.44. The van der Waals surface area contributed by atoms with Crippen LogP contribution in [0.25, 0.3) is 0 Å². The molecule has 0 aliphatic carbocycles. The van der Waals surface area contributed by atoms with Crippen molar-refractivity contribution in [1.29, 1.82) is 0 Å². The molecule has 0 aromatic heterocycles. The van der Waals surface area contributed by atoms with Crippen LogP contribution in [0.1, 0.15) is 37.7 Å². The van der Waals surface area contributed by atoms with Crippen molar-refractivity contribution in [2.75, 3.05) is 64.7 Å². The topological polar surface area (TPSA) is 72.0 Å². The maximum Gasteiger partial charge on any atom is 0.225 e. The molecule has 0 spiro atoms. The molecule has 1 saturated heterocycles. The molecule has 168 valence electrons. The molecule has 7 nitrogen and oxygen atoms in total. The lowest BCUT2D eigenvalue weighted by molar-refractivity contribution is -0.116. The zero-order valence-electron chi connectivity index (χ0n) is 18.3. The van der Waals surface area contributed by atoms with E-state index in [1.54, 1.807) is 0 Å². The predicted octanol–water partition coefficient (Wildman–Crippen LogP) is 2.31. The summed E-state index contributed by atoms with van der Waals surface area (Å²) in [7, 11) is 2.20. The average Bonchev–Trinajstić information content (AvgIpc) is 2.72. The first-order valence-corrected chi connectivity index (χ1v) is 11.0. The number of carbonyl (C=O) groups is 1. The van der Waals surface area contributed by atoms with Crippen molar-refractivity contribution in [2.45, 2.75) is 32.1 Å². The SMILES string of the molecule is CCNC(=NCC1CC(=O)Nc2ccccc21)NCCCCN1CCN(C)CC1.I. The Hall–Kier alpha value is -1.39. The van der Waals surface area contributed by atoms with Crippen LogP contribution in [0.2, 0.25) is 0 Å². The Morgan fingerprint density at radius 3 is 2.70 bits per heavy atom. The molecule has 3 N–H and O–H groups in total. The zero-order chi connectivity index (χ0) is 20.5. The number of aliphatic imine (C=N–C) groups is 1. The van der Waals surface area contributed by atoms with Crippen LogP contribution in [-0.4, -0.2) is 81.1 Å². The number of carbonyl (C=O) groups excluding carboxylic acids is 1. The molecule has 8 heteroatoms. The van der Waals surface area contributed by atoms with Gasteiger partial charge in [-0.3, -0.25) is 9.79 Å². The minimum atomic E-state index is 0. The Morgan fingerprint density at radius 1 is 1.17 bits per heavy atom. The van der Waals surface area contributed by atoms with Gasteiger partial charge in [0.25, 0.3) is 0 Å². The number of piperazine rings is 1. The third-order valence-electron chi connectivity index (χ3n) is 5.71. The second kappa shape index (κ2) is 13.1. The molecular formula is C22H37IN6O. The number of amides is 1. The van der Waals surface area contributed by atoms with E-state index in [1.807, 2.05) is 18.2 Å². The van der Waals surface area contributed by atoms with E-state index in [0.717, 1.165) is 31.2 Å². The van der Waals surface area contributed by atoms with E-state index in [9.17, 15) is 4.79 Å². The molecule has 0 bridgehead atoms. The van der Waals surface area contributed by atoms with Gasteiger partial charge < -0.3 is 25.8 Å². The molecule has 1 aromatic carbocycles. The van der Waals surface area contributed by atoms with E-state index < -0.39 is 0 Å². The highest BCUT2D eigenvalue weighted by Gasteiger charge is 2.24. The lowest BCUT2D eigenvalue weighted by Gasteiger charge is -2.32.